The van der Waals surface area contributed by atoms with Gasteiger partial charge in [0, 0.05) is 30.7 Å². The van der Waals surface area contributed by atoms with Gasteiger partial charge in [0.2, 0.25) is 0 Å². The van der Waals surface area contributed by atoms with Crippen molar-refractivity contribution in [2.75, 3.05) is 19.8 Å². The van der Waals surface area contributed by atoms with Crippen molar-refractivity contribution in [3.8, 4) is 0 Å². The molecule has 1 heterocycles. The molecule has 0 aliphatic carbocycles. The first-order valence-electron chi connectivity index (χ1n) is 6.19. The maximum atomic E-state index is 12.7. The molecule has 8 heteroatoms. The molecule has 0 unspecified atom stereocenters. The van der Waals surface area contributed by atoms with Gasteiger partial charge in [-0.05, 0) is 20.1 Å². The predicted octanol–water partition coefficient (Wildman–Crippen LogP) is 2.08. The number of thioether (sulfide) groups is 1. The highest BCUT2D eigenvalue weighted by Gasteiger charge is 2.16. The number of alkyl halides is 2. The monoisotopic (exact) mass is 305 g/mol. The van der Waals surface area contributed by atoms with Crippen LogP contribution in [0.5, 0.6) is 0 Å². The van der Waals surface area contributed by atoms with Crippen molar-refractivity contribution in [2.24, 2.45) is 4.99 Å². The minimum atomic E-state index is -2.58. The van der Waals surface area contributed by atoms with E-state index in [1.165, 1.54) is 12.4 Å². The third-order valence-electron chi connectivity index (χ3n) is 2.83. The zero-order chi connectivity index (χ0) is 15.2. The van der Waals surface area contributed by atoms with Crippen molar-refractivity contribution in [3.05, 3.63) is 18.2 Å². The molecule has 2 N–H and O–H groups in total. The zero-order valence-corrected chi connectivity index (χ0v) is 13.0. The summed E-state index contributed by atoms with van der Waals surface area (Å²) in [6.45, 7) is 2.55. The lowest BCUT2D eigenvalue weighted by molar-refractivity contribution is 0.0668. The Kier molecular flexibility index (Phi) is 6.25. The minimum absolute atomic E-state index is 0.0685. The minimum Gasteiger partial charge on any atom is -0.355 e. The number of aliphatic imine (C=N–C) groups is 1. The predicted molar refractivity (Wildman–Crippen MR) is 79.3 cm³/mol. The normalized spacial score (nSPS) is 12.8. The van der Waals surface area contributed by atoms with Crippen molar-refractivity contribution >= 4 is 17.7 Å². The highest BCUT2D eigenvalue weighted by atomic mass is 32.2. The Labute approximate surface area is 122 Å². The largest absolute Gasteiger partial charge is 0.355 e. The molecule has 0 aliphatic rings. The van der Waals surface area contributed by atoms with E-state index in [2.05, 4.69) is 34.5 Å². The summed E-state index contributed by atoms with van der Waals surface area (Å²) in [6.07, 6.45) is 4.65. The summed E-state index contributed by atoms with van der Waals surface area (Å²) in [6, 6.07) is 0. The molecule has 1 aromatic heterocycles. The van der Waals surface area contributed by atoms with Gasteiger partial charge < -0.3 is 10.6 Å². The van der Waals surface area contributed by atoms with Gasteiger partial charge in [-0.15, -0.1) is 0 Å². The van der Waals surface area contributed by atoms with Crippen LogP contribution in [0.25, 0.3) is 0 Å². The van der Waals surface area contributed by atoms with Gasteiger partial charge >= 0.3 is 6.55 Å². The Morgan fingerprint density at radius 3 is 2.75 bits per heavy atom. The van der Waals surface area contributed by atoms with Gasteiger partial charge in [-0.1, -0.05) is 0 Å². The third-order valence-corrected chi connectivity index (χ3v) is 4.08. The Morgan fingerprint density at radius 2 is 2.20 bits per heavy atom. The Morgan fingerprint density at radius 1 is 1.50 bits per heavy atom. The van der Waals surface area contributed by atoms with E-state index in [0.29, 0.717) is 5.96 Å². The molecular weight excluding hydrogens is 284 g/mol. The van der Waals surface area contributed by atoms with E-state index in [-0.39, 0.29) is 17.1 Å². The van der Waals surface area contributed by atoms with Gasteiger partial charge in [0.15, 0.2) is 5.96 Å². The molecule has 0 aromatic carbocycles. The fourth-order valence-electron chi connectivity index (χ4n) is 1.41. The summed E-state index contributed by atoms with van der Waals surface area (Å²) >= 11 is 1.74. The van der Waals surface area contributed by atoms with E-state index >= 15 is 0 Å². The maximum Gasteiger partial charge on any atom is 0.319 e. The van der Waals surface area contributed by atoms with Crippen LogP contribution in [0.15, 0.2) is 17.4 Å². The molecule has 0 saturated carbocycles. The van der Waals surface area contributed by atoms with Gasteiger partial charge in [0.05, 0.1) is 6.54 Å². The quantitative estimate of drug-likeness (QED) is 0.624. The molecule has 114 valence electrons. The highest BCUT2D eigenvalue weighted by Crippen LogP contribution is 2.19. The second-order valence-corrected chi connectivity index (χ2v) is 6.28. The van der Waals surface area contributed by atoms with Crippen molar-refractivity contribution in [3.63, 3.8) is 0 Å². The van der Waals surface area contributed by atoms with Crippen LogP contribution in [-0.2, 0) is 6.54 Å². The number of hydrogen-bond acceptors (Lipinski definition) is 3. The summed E-state index contributed by atoms with van der Waals surface area (Å²) in [5.41, 5.74) is 0. The standard InChI is InChI=1S/C12H21F2N5S/c1-12(2,20-4)8-18-11(15-3)17-7-9-16-5-6-19(9)10(13)14/h5-6,10H,7-8H2,1-4H3,(H2,15,17,18). The summed E-state index contributed by atoms with van der Waals surface area (Å²) < 4.78 is 26.2. The maximum absolute atomic E-state index is 12.7. The average molecular weight is 305 g/mol. The van der Waals surface area contributed by atoms with Crippen LogP contribution < -0.4 is 10.6 Å². The second-order valence-electron chi connectivity index (χ2n) is 4.77. The molecule has 20 heavy (non-hydrogen) atoms. The first-order valence-corrected chi connectivity index (χ1v) is 7.41. The smallest absolute Gasteiger partial charge is 0.319 e. The molecule has 0 fully saturated rings. The van der Waals surface area contributed by atoms with Gasteiger partial charge in [0.25, 0.3) is 0 Å². The van der Waals surface area contributed by atoms with Crippen molar-refractivity contribution < 1.29 is 8.78 Å². The van der Waals surface area contributed by atoms with Crippen LogP contribution in [0.3, 0.4) is 0 Å². The van der Waals surface area contributed by atoms with E-state index in [9.17, 15) is 8.78 Å². The molecule has 0 amide bonds. The second kappa shape index (κ2) is 7.47. The molecule has 0 aliphatic heterocycles. The summed E-state index contributed by atoms with van der Waals surface area (Å²) in [7, 11) is 1.64. The average Bonchev–Trinajstić information content (AvgIpc) is 2.87. The van der Waals surface area contributed by atoms with Crippen LogP contribution in [-0.4, -0.2) is 40.1 Å². The van der Waals surface area contributed by atoms with E-state index in [4.69, 9.17) is 0 Å². The Bertz CT molecular complexity index is 445. The van der Waals surface area contributed by atoms with Crippen LogP contribution >= 0.6 is 11.8 Å². The number of guanidine groups is 1. The lowest BCUT2D eigenvalue weighted by atomic mass is 10.2. The lowest BCUT2D eigenvalue weighted by Gasteiger charge is -2.23. The van der Waals surface area contributed by atoms with E-state index in [0.717, 1.165) is 11.1 Å². The number of imidazole rings is 1. The molecular formula is C12H21F2N5S. The summed E-state index contributed by atoms with van der Waals surface area (Å²) in [5.74, 6) is 0.836. The third kappa shape index (κ3) is 4.99. The van der Waals surface area contributed by atoms with Crippen molar-refractivity contribution in [2.45, 2.75) is 31.7 Å². The first-order chi connectivity index (χ1) is 9.39. The fourth-order valence-corrected chi connectivity index (χ4v) is 1.63. The number of halogens is 2. The van der Waals surface area contributed by atoms with E-state index in [1.807, 2.05) is 6.26 Å². The summed E-state index contributed by atoms with van der Waals surface area (Å²) in [4.78, 5) is 7.96. The first kappa shape index (κ1) is 16.7. The number of rotatable bonds is 6. The van der Waals surface area contributed by atoms with Gasteiger partial charge in [-0.3, -0.25) is 9.56 Å². The van der Waals surface area contributed by atoms with E-state index in [1.54, 1.807) is 18.8 Å². The van der Waals surface area contributed by atoms with Crippen molar-refractivity contribution in [1.29, 1.82) is 0 Å². The van der Waals surface area contributed by atoms with E-state index < -0.39 is 6.55 Å². The van der Waals surface area contributed by atoms with Crippen LogP contribution in [0.4, 0.5) is 8.78 Å². The molecule has 1 rings (SSSR count). The topological polar surface area (TPSA) is 54.2 Å². The molecule has 1 aromatic rings. The molecule has 0 atom stereocenters. The van der Waals surface area contributed by atoms with Crippen molar-refractivity contribution in [1.82, 2.24) is 20.2 Å². The molecule has 5 nitrogen and oxygen atoms in total. The molecule has 0 saturated heterocycles. The number of nitrogens with zero attached hydrogens (tertiary/aromatic N) is 3. The number of aromatic nitrogens is 2. The lowest BCUT2D eigenvalue weighted by Crippen LogP contribution is -2.43. The molecule has 0 bridgehead atoms. The number of nitrogens with one attached hydrogen (secondary N) is 2. The zero-order valence-electron chi connectivity index (χ0n) is 12.2. The van der Waals surface area contributed by atoms with Crippen LogP contribution in [0.1, 0.15) is 26.2 Å². The van der Waals surface area contributed by atoms with Gasteiger partial charge in [-0.25, -0.2) is 4.98 Å². The van der Waals surface area contributed by atoms with Gasteiger partial charge in [-0.2, -0.15) is 20.5 Å². The number of hydrogen-bond donors (Lipinski definition) is 2. The molecule has 0 radical (unpaired) electrons. The summed E-state index contributed by atoms with van der Waals surface area (Å²) in [5, 5.41) is 6.14. The molecule has 0 spiro atoms. The highest BCUT2D eigenvalue weighted by molar-refractivity contribution is 7.99. The van der Waals surface area contributed by atoms with Crippen LogP contribution in [0.2, 0.25) is 0 Å². The fraction of sp³-hybridized carbons (Fsp3) is 0.667. The van der Waals surface area contributed by atoms with Crippen LogP contribution in [0, 0.1) is 0 Å². The van der Waals surface area contributed by atoms with Gasteiger partial charge in [0.1, 0.15) is 5.82 Å². The Hall–Kier alpha value is -1.31. The Balaban J connectivity index is 2.52. The SMILES string of the molecule is CN=C(NCc1nccn1C(F)F)NCC(C)(C)SC.